The van der Waals surface area contributed by atoms with Gasteiger partial charge in [0.1, 0.15) is 0 Å². The fourth-order valence-corrected chi connectivity index (χ4v) is 2.42. The Hall–Kier alpha value is 0.500. The van der Waals surface area contributed by atoms with Crippen molar-refractivity contribution in [3.8, 4) is 0 Å². The Kier molecular flexibility index (Phi) is 5.32. The summed E-state index contributed by atoms with van der Waals surface area (Å²) in [4.78, 5) is 2.40. The first-order valence-electron chi connectivity index (χ1n) is 3.34. The molecule has 0 nitrogen and oxygen atoms in total. The van der Waals surface area contributed by atoms with Crippen LogP contribution in [0.3, 0.4) is 0 Å². The molecule has 1 rings (SSSR count). The maximum absolute atomic E-state index is 5.57. The third-order valence-corrected chi connectivity index (χ3v) is 3.35. The fraction of sp³-hybridized carbons (Fsp3) is 0.250. The molecule has 0 aromatic heterocycles. The van der Waals surface area contributed by atoms with E-state index >= 15 is 0 Å². The van der Waals surface area contributed by atoms with E-state index in [1.54, 1.807) is 23.5 Å². The number of benzene rings is 1. The summed E-state index contributed by atoms with van der Waals surface area (Å²) in [5.41, 5.74) is 0. The highest BCUT2D eigenvalue weighted by molar-refractivity contribution is 8.00. The van der Waals surface area contributed by atoms with Gasteiger partial charge in [-0.25, -0.2) is 0 Å². The van der Waals surface area contributed by atoms with E-state index in [1.165, 1.54) is 9.79 Å². The summed E-state index contributed by atoms with van der Waals surface area (Å²) >= 11 is 14.4. The van der Waals surface area contributed by atoms with Crippen LogP contribution in [0.1, 0.15) is 0 Å². The van der Waals surface area contributed by atoms with Gasteiger partial charge in [0.15, 0.2) is 0 Å². The Labute approximate surface area is 91.0 Å². The maximum Gasteiger partial charge on any atom is 0.0727 e. The molecule has 0 aliphatic heterocycles. The summed E-state index contributed by atoms with van der Waals surface area (Å²) in [5, 5.41) is 1.20. The quantitative estimate of drug-likeness (QED) is 0.568. The van der Waals surface area contributed by atoms with Gasteiger partial charge in [-0.3, -0.25) is 0 Å². The van der Waals surface area contributed by atoms with Gasteiger partial charge in [-0.15, -0.1) is 46.7 Å². The van der Waals surface area contributed by atoms with E-state index in [1.807, 2.05) is 0 Å². The average Bonchev–Trinajstić information content (AvgIpc) is 2.09. The lowest BCUT2D eigenvalue weighted by molar-refractivity contribution is 1.36. The lowest BCUT2D eigenvalue weighted by Gasteiger charge is -1.99. The maximum atomic E-state index is 5.57. The van der Waals surface area contributed by atoms with Crippen LogP contribution in [-0.4, -0.2) is 10.4 Å². The van der Waals surface area contributed by atoms with Crippen molar-refractivity contribution in [3.63, 3.8) is 0 Å². The van der Waals surface area contributed by atoms with Crippen LogP contribution >= 0.6 is 46.7 Å². The van der Waals surface area contributed by atoms with Gasteiger partial charge in [-0.2, -0.15) is 0 Å². The van der Waals surface area contributed by atoms with E-state index in [-0.39, 0.29) is 0 Å². The third-order valence-electron chi connectivity index (χ3n) is 1.27. The summed E-state index contributed by atoms with van der Waals surface area (Å²) in [7, 11) is 0. The molecular weight excluding hydrogens is 231 g/mol. The summed E-state index contributed by atoms with van der Waals surface area (Å²) < 4.78 is 0. The normalized spacial score (nSPS) is 10.2. The lowest BCUT2D eigenvalue weighted by Crippen LogP contribution is -1.73. The molecule has 0 aliphatic rings. The summed E-state index contributed by atoms with van der Waals surface area (Å²) in [6.45, 7) is 0. The van der Waals surface area contributed by atoms with Gasteiger partial charge in [-0.05, 0) is 24.3 Å². The minimum Gasteiger partial charge on any atom is -0.114 e. The van der Waals surface area contributed by atoms with Crippen LogP contribution in [0.5, 0.6) is 0 Å². The van der Waals surface area contributed by atoms with Gasteiger partial charge >= 0.3 is 0 Å². The SMILES string of the molecule is ClCSc1ccc(SCCl)cc1. The number of alkyl halides is 2. The second-order valence-corrected chi connectivity index (χ2v) is 5.24. The van der Waals surface area contributed by atoms with Crippen molar-refractivity contribution in [1.29, 1.82) is 0 Å². The zero-order valence-corrected chi connectivity index (χ0v) is 9.44. The third kappa shape index (κ3) is 3.48. The number of halogens is 2. The first-order chi connectivity index (χ1) is 5.86. The molecule has 4 heteroatoms. The zero-order valence-electron chi connectivity index (χ0n) is 6.30. The molecule has 0 saturated heterocycles. The highest BCUT2D eigenvalue weighted by Crippen LogP contribution is 2.24. The predicted molar refractivity (Wildman–Crippen MR) is 59.6 cm³/mol. The number of hydrogen-bond acceptors (Lipinski definition) is 2. The van der Waals surface area contributed by atoms with Crippen molar-refractivity contribution in [2.24, 2.45) is 0 Å². The molecule has 0 amide bonds. The van der Waals surface area contributed by atoms with Crippen LogP contribution in [0.2, 0.25) is 0 Å². The lowest BCUT2D eigenvalue weighted by atomic mass is 10.4. The van der Waals surface area contributed by atoms with Gasteiger partial charge in [0, 0.05) is 9.79 Å². The van der Waals surface area contributed by atoms with Crippen molar-refractivity contribution in [3.05, 3.63) is 24.3 Å². The summed E-state index contributed by atoms with van der Waals surface area (Å²) in [6, 6.07) is 8.23. The van der Waals surface area contributed by atoms with Crippen LogP contribution in [-0.2, 0) is 0 Å². The Bertz CT molecular complexity index is 198. The molecule has 0 saturated carbocycles. The van der Waals surface area contributed by atoms with E-state index in [9.17, 15) is 0 Å². The molecule has 1 aromatic carbocycles. The van der Waals surface area contributed by atoms with Crippen LogP contribution in [0.25, 0.3) is 0 Å². The standard InChI is InChI=1S/C8H8Cl2S2/c9-5-11-7-1-2-8(4-3-7)12-6-10/h1-4H,5-6H2. The molecule has 0 radical (unpaired) electrons. The average molecular weight is 239 g/mol. The highest BCUT2D eigenvalue weighted by atomic mass is 35.5. The number of rotatable bonds is 4. The second kappa shape index (κ2) is 6.03. The highest BCUT2D eigenvalue weighted by Gasteiger charge is 1.93. The fourth-order valence-electron chi connectivity index (χ4n) is 0.758. The van der Waals surface area contributed by atoms with Crippen LogP contribution in [0, 0.1) is 0 Å². The van der Waals surface area contributed by atoms with E-state index in [0.717, 1.165) is 0 Å². The monoisotopic (exact) mass is 238 g/mol. The number of thioether (sulfide) groups is 2. The van der Waals surface area contributed by atoms with Crippen molar-refractivity contribution in [2.45, 2.75) is 9.79 Å². The van der Waals surface area contributed by atoms with E-state index < -0.39 is 0 Å². The van der Waals surface area contributed by atoms with Gasteiger partial charge in [0.05, 0.1) is 10.4 Å². The van der Waals surface area contributed by atoms with Crippen LogP contribution < -0.4 is 0 Å². The van der Waals surface area contributed by atoms with Crippen molar-refractivity contribution >= 4 is 46.7 Å². The Morgan fingerprint density at radius 3 is 1.42 bits per heavy atom. The molecule has 0 heterocycles. The van der Waals surface area contributed by atoms with Gasteiger partial charge in [-0.1, -0.05) is 0 Å². The molecule has 0 atom stereocenters. The van der Waals surface area contributed by atoms with Gasteiger partial charge in [0.25, 0.3) is 0 Å². The largest absolute Gasteiger partial charge is 0.114 e. The van der Waals surface area contributed by atoms with Gasteiger partial charge in [0.2, 0.25) is 0 Å². The van der Waals surface area contributed by atoms with Gasteiger partial charge < -0.3 is 0 Å². The molecule has 0 spiro atoms. The van der Waals surface area contributed by atoms with Crippen molar-refractivity contribution in [1.82, 2.24) is 0 Å². The van der Waals surface area contributed by atoms with Crippen molar-refractivity contribution in [2.75, 3.05) is 10.4 Å². The molecular formula is C8H8Cl2S2. The summed E-state index contributed by atoms with van der Waals surface area (Å²) in [6.07, 6.45) is 0. The number of hydrogen-bond donors (Lipinski definition) is 0. The second-order valence-electron chi connectivity index (χ2n) is 1.98. The molecule has 0 aliphatic carbocycles. The first kappa shape index (κ1) is 10.6. The van der Waals surface area contributed by atoms with E-state index in [4.69, 9.17) is 23.2 Å². The Morgan fingerprint density at radius 1 is 0.833 bits per heavy atom. The smallest absolute Gasteiger partial charge is 0.0727 e. The molecule has 66 valence electrons. The van der Waals surface area contributed by atoms with E-state index in [0.29, 0.717) is 10.4 Å². The topological polar surface area (TPSA) is 0 Å². The predicted octanol–water partition coefficient (Wildman–Crippen LogP) is 4.26. The van der Waals surface area contributed by atoms with Crippen LogP contribution in [0.4, 0.5) is 0 Å². The summed E-state index contributed by atoms with van der Waals surface area (Å²) in [5.74, 6) is 0. The molecule has 12 heavy (non-hydrogen) atoms. The minimum absolute atomic E-state index is 0.599. The molecule has 0 fully saturated rings. The molecule has 1 aromatic rings. The molecule has 0 unspecified atom stereocenters. The molecule has 0 N–H and O–H groups in total. The Balaban J connectivity index is 2.58. The minimum atomic E-state index is 0.599. The molecule has 0 bridgehead atoms. The Morgan fingerprint density at radius 2 is 1.17 bits per heavy atom. The van der Waals surface area contributed by atoms with Crippen LogP contribution in [0.15, 0.2) is 34.1 Å². The van der Waals surface area contributed by atoms with E-state index in [2.05, 4.69) is 24.3 Å². The van der Waals surface area contributed by atoms with Crippen molar-refractivity contribution < 1.29 is 0 Å². The first-order valence-corrected chi connectivity index (χ1v) is 6.38. The zero-order chi connectivity index (χ0) is 8.81.